The molecule has 6 aliphatic rings. The average molecular weight is 968 g/mol. The Morgan fingerprint density at radius 3 is 2.21 bits per heavy atom. The smallest absolute Gasteiger partial charge is 0.343 e. The molecule has 3 aromatic rings. The van der Waals surface area contributed by atoms with E-state index in [0.29, 0.717) is 60.2 Å². The fourth-order valence-corrected chi connectivity index (χ4v) is 11.6. The molecule has 0 radical (unpaired) electrons. The predicted molar refractivity (Wildman–Crippen MR) is 262 cm³/mol. The van der Waals surface area contributed by atoms with Crippen LogP contribution in [0.5, 0.6) is 0 Å². The summed E-state index contributed by atoms with van der Waals surface area (Å²) in [6, 6.07) is 4.99. The minimum atomic E-state index is -0.565. The number of aryl methyl sites for hydroxylation is 1. The number of carbonyl (C=O) groups is 5. The quantitative estimate of drug-likeness (QED) is 0.132. The SMILES string of the molecule is CCOC(=O)c1cnc(Nc2cnn(C)c2)nc1NC1CCC(N2CCN(C(=O)C3CCC(C(=O)N4CCC[C@H](CN5CCN(c6ccc(NC7CCC(=O)NC7=O)cc6F)CC5)C4)CC3)CC2)CC1. The standard InChI is InChI=1S/C50H70FN13O6/c1-3-70-49(69)40-29-52-50(56-38-28-53-59(2)32-38)58-45(40)55-36-10-13-39(14-11-36)61-23-25-63(26-24-61)47(67)34-6-8-35(9-7-34)48(68)64-18-4-5-33(31-64)30-60-19-21-62(22-20-60)43-16-12-37(27-41(43)51)54-42-15-17-44(65)57-46(42)66/h12,16,27-29,32-36,39,42,54H,3-11,13-15,17-26,30-31H2,1-2H3,(H,57,65,66)(H2,52,55,56,58)/t33-,34?,35?,36?,39?,42?/m1/s1. The van der Waals surface area contributed by atoms with Crippen LogP contribution in [-0.4, -0.2) is 166 Å². The second kappa shape index (κ2) is 22.5. The maximum Gasteiger partial charge on any atom is 0.343 e. The van der Waals surface area contributed by atoms with Crippen molar-refractivity contribution in [2.24, 2.45) is 24.8 Å². The van der Waals surface area contributed by atoms with Gasteiger partial charge in [0.15, 0.2) is 0 Å². The van der Waals surface area contributed by atoms with E-state index in [1.165, 1.54) is 12.3 Å². The van der Waals surface area contributed by atoms with E-state index in [1.807, 2.05) is 13.2 Å². The van der Waals surface area contributed by atoms with Gasteiger partial charge in [0.2, 0.25) is 29.6 Å². The van der Waals surface area contributed by atoms with Crippen LogP contribution in [0.3, 0.4) is 0 Å². The molecule has 0 spiro atoms. The zero-order valence-corrected chi connectivity index (χ0v) is 40.8. The average Bonchev–Trinajstić information content (AvgIpc) is 3.79. The molecule has 0 bridgehead atoms. The van der Waals surface area contributed by atoms with E-state index in [1.54, 1.807) is 29.9 Å². The molecular weight excluding hydrogens is 898 g/mol. The Labute approximate surface area is 409 Å². The number of carbonyl (C=O) groups excluding carboxylic acids is 5. The van der Waals surface area contributed by atoms with Gasteiger partial charge in [0, 0.05) is 127 Å². The summed E-state index contributed by atoms with van der Waals surface area (Å²) < 4.78 is 22.3. The van der Waals surface area contributed by atoms with Crippen molar-refractivity contribution in [3.63, 3.8) is 0 Å². The number of nitrogens with one attached hydrogen (secondary N) is 4. The number of imide groups is 1. The van der Waals surface area contributed by atoms with Crippen LogP contribution in [0.15, 0.2) is 36.8 Å². The van der Waals surface area contributed by atoms with Gasteiger partial charge in [-0.1, -0.05) is 0 Å². The Morgan fingerprint density at radius 1 is 0.814 bits per heavy atom. The molecule has 1 aromatic carbocycles. The maximum absolute atomic E-state index is 15.3. The van der Waals surface area contributed by atoms with Crippen molar-refractivity contribution in [3.8, 4) is 0 Å². The number of hydrogen-bond acceptors (Lipinski definition) is 15. The summed E-state index contributed by atoms with van der Waals surface area (Å²) in [5, 5.41) is 16.3. The van der Waals surface area contributed by atoms with Gasteiger partial charge in [-0.2, -0.15) is 10.1 Å². The molecule has 6 fully saturated rings. The van der Waals surface area contributed by atoms with Crippen LogP contribution < -0.4 is 26.2 Å². The largest absolute Gasteiger partial charge is 0.462 e. The fourth-order valence-electron chi connectivity index (χ4n) is 11.6. The number of aromatic nitrogens is 4. The molecule has 4 saturated heterocycles. The second-order valence-electron chi connectivity index (χ2n) is 20.2. The Hall–Kier alpha value is -5.89. The van der Waals surface area contributed by atoms with E-state index in [2.05, 4.69) is 60.8 Å². The van der Waals surface area contributed by atoms with Gasteiger partial charge in [0.25, 0.3) is 0 Å². The lowest BCUT2D eigenvalue weighted by Gasteiger charge is -2.43. The lowest BCUT2D eigenvalue weighted by molar-refractivity contribution is -0.143. The number of halogens is 1. The maximum atomic E-state index is 15.3. The first-order valence-corrected chi connectivity index (χ1v) is 25.7. The lowest BCUT2D eigenvalue weighted by atomic mass is 9.80. The zero-order valence-electron chi connectivity index (χ0n) is 40.8. The first kappa shape index (κ1) is 49.1. The summed E-state index contributed by atoms with van der Waals surface area (Å²) in [6.45, 7) is 10.7. The van der Waals surface area contributed by atoms with Crippen molar-refractivity contribution in [2.75, 3.05) is 99.4 Å². The Kier molecular flexibility index (Phi) is 15.8. The Bertz CT molecular complexity index is 2340. The number of rotatable bonds is 14. The van der Waals surface area contributed by atoms with Crippen LogP contribution >= 0.6 is 0 Å². The lowest BCUT2D eigenvalue weighted by Crippen LogP contribution is -2.54. The third-order valence-corrected chi connectivity index (χ3v) is 15.4. The molecule has 4 aliphatic heterocycles. The topological polar surface area (TPSA) is 202 Å². The minimum absolute atomic E-state index is 0.0211. The van der Waals surface area contributed by atoms with E-state index >= 15 is 4.39 Å². The van der Waals surface area contributed by atoms with Gasteiger partial charge in [-0.25, -0.2) is 14.2 Å². The van der Waals surface area contributed by atoms with Crippen molar-refractivity contribution in [3.05, 3.63) is 48.2 Å². The highest BCUT2D eigenvalue weighted by atomic mass is 19.1. The van der Waals surface area contributed by atoms with Crippen LogP contribution in [0.25, 0.3) is 0 Å². The van der Waals surface area contributed by atoms with Gasteiger partial charge in [-0.05, 0) is 102 Å². The molecule has 4 N–H and O–H groups in total. The van der Waals surface area contributed by atoms with Crippen LogP contribution in [0, 0.1) is 23.6 Å². The highest BCUT2D eigenvalue weighted by molar-refractivity contribution is 6.01. The van der Waals surface area contributed by atoms with Crippen LogP contribution in [0.2, 0.25) is 0 Å². The zero-order chi connectivity index (χ0) is 48.7. The minimum Gasteiger partial charge on any atom is -0.462 e. The molecule has 9 rings (SSSR count). The van der Waals surface area contributed by atoms with Gasteiger partial charge >= 0.3 is 5.97 Å². The van der Waals surface area contributed by atoms with Crippen molar-refractivity contribution in [1.29, 1.82) is 0 Å². The number of benzene rings is 1. The predicted octanol–water partition coefficient (Wildman–Crippen LogP) is 4.22. The Morgan fingerprint density at radius 2 is 1.54 bits per heavy atom. The van der Waals surface area contributed by atoms with E-state index in [-0.39, 0.29) is 60.4 Å². The van der Waals surface area contributed by atoms with Crippen molar-refractivity contribution in [1.82, 2.24) is 44.7 Å². The first-order valence-electron chi connectivity index (χ1n) is 25.7. The van der Waals surface area contributed by atoms with Gasteiger partial charge in [-0.3, -0.25) is 39.0 Å². The molecule has 2 atom stereocenters. The molecule has 1 unspecified atom stereocenters. The Balaban J connectivity index is 0.670. The van der Waals surface area contributed by atoms with Gasteiger partial charge in [0.1, 0.15) is 23.2 Å². The number of amides is 4. The monoisotopic (exact) mass is 968 g/mol. The molecule has 4 amide bonds. The summed E-state index contributed by atoms with van der Waals surface area (Å²) in [5.74, 6) is 0.202. The van der Waals surface area contributed by atoms with Crippen molar-refractivity contribution in [2.45, 2.75) is 102 Å². The third kappa shape index (κ3) is 12.0. The molecule has 6 heterocycles. The molecule has 2 aromatic heterocycles. The van der Waals surface area contributed by atoms with Crippen LogP contribution in [0.4, 0.5) is 33.2 Å². The molecular formula is C50H70FN13O6. The third-order valence-electron chi connectivity index (χ3n) is 15.4. The number of piperazine rings is 2. The van der Waals surface area contributed by atoms with Gasteiger partial charge < -0.3 is 35.4 Å². The number of esters is 1. The number of piperidine rings is 2. The highest BCUT2D eigenvalue weighted by Crippen LogP contribution is 2.34. The van der Waals surface area contributed by atoms with Gasteiger partial charge in [0.05, 0.1) is 24.2 Å². The summed E-state index contributed by atoms with van der Waals surface area (Å²) in [7, 11) is 1.83. The summed E-state index contributed by atoms with van der Waals surface area (Å²) >= 11 is 0. The van der Waals surface area contributed by atoms with E-state index in [9.17, 15) is 24.0 Å². The summed E-state index contributed by atoms with van der Waals surface area (Å²) in [6.07, 6.45) is 14.6. The molecule has 70 heavy (non-hydrogen) atoms. The molecule has 2 saturated carbocycles. The molecule has 19 nitrogen and oxygen atoms in total. The van der Waals surface area contributed by atoms with E-state index in [0.717, 1.165) is 129 Å². The summed E-state index contributed by atoms with van der Waals surface area (Å²) in [4.78, 5) is 84.4. The fraction of sp³-hybridized carbons (Fsp3) is 0.640. The van der Waals surface area contributed by atoms with Crippen LogP contribution in [0.1, 0.15) is 94.3 Å². The van der Waals surface area contributed by atoms with E-state index in [4.69, 9.17) is 4.74 Å². The van der Waals surface area contributed by atoms with Crippen molar-refractivity contribution < 1.29 is 33.1 Å². The summed E-state index contributed by atoms with van der Waals surface area (Å²) in [5.41, 5.74) is 2.11. The number of hydrogen-bond donors (Lipinski definition) is 4. The number of anilines is 5. The van der Waals surface area contributed by atoms with Crippen LogP contribution in [-0.2, 0) is 31.0 Å². The second-order valence-corrected chi connectivity index (χ2v) is 20.2. The number of nitrogens with zero attached hydrogens (tertiary/aromatic N) is 9. The van der Waals surface area contributed by atoms with Gasteiger partial charge in [-0.15, -0.1) is 0 Å². The number of likely N-dealkylation sites (tertiary alicyclic amines) is 1. The molecule has 378 valence electrons. The first-order chi connectivity index (χ1) is 34.0. The molecule has 2 aliphatic carbocycles. The number of ether oxygens (including phenoxy) is 1. The molecule has 20 heteroatoms. The normalized spacial score (nSPS) is 26.1. The van der Waals surface area contributed by atoms with Crippen molar-refractivity contribution >= 4 is 58.4 Å². The van der Waals surface area contributed by atoms with E-state index < -0.39 is 12.0 Å². The highest BCUT2D eigenvalue weighted by Gasteiger charge is 2.38.